The van der Waals surface area contributed by atoms with E-state index in [0.717, 1.165) is 37.2 Å². The molecule has 1 aromatic heterocycles. The topological polar surface area (TPSA) is 29.0 Å². The van der Waals surface area contributed by atoms with E-state index in [4.69, 9.17) is 11.6 Å². The number of aromatic nitrogens is 2. The molecule has 2 aliphatic rings. The molecule has 8 heteroatoms. The Morgan fingerprint density at radius 1 is 1.22 bits per heavy atom. The molecule has 0 saturated carbocycles. The van der Waals surface area contributed by atoms with Crippen molar-refractivity contribution in [3.05, 3.63) is 5.82 Å². The number of hydrogen-bond donors (Lipinski definition) is 0. The lowest BCUT2D eigenvalue weighted by Gasteiger charge is -2.36. The number of halogens is 4. The maximum atomic E-state index is 12.5. The van der Waals surface area contributed by atoms with Gasteiger partial charge in [0.15, 0.2) is 0 Å². The summed E-state index contributed by atoms with van der Waals surface area (Å²) in [4.78, 5) is 5.63. The summed E-state index contributed by atoms with van der Waals surface area (Å²) in [6.07, 6.45) is -0.861. The highest BCUT2D eigenvalue weighted by atomic mass is 35.5. The monoisotopic (exact) mass is 297 g/mol. The Hall–Kier alpha value is -0.560. The van der Waals surface area contributed by atoms with Crippen molar-refractivity contribution < 1.29 is 13.2 Å². The fraction of sp³-hybridized carbons (Fsp3) is 0.800. The Morgan fingerprint density at radius 3 is 2.33 bits per heavy atom. The molecule has 2 aliphatic heterocycles. The molecule has 2 saturated heterocycles. The molecule has 3 heterocycles. The second-order valence-corrected chi connectivity index (χ2v) is 6.11. The van der Waals surface area contributed by atoms with Gasteiger partial charge < -0.3 is 4.90 Å². The first-order valence-corrected chi connectivity index (χ1v) is 6.99. The molecule has 3 nitrogen and oxygen atoms in total. The standard InChI is InChI=1S/C10H11ClF3N3S/c11-5-3-6-1-2-7(4-5)17(6)9-15-8(16-18-9)10(12,13)14/h5-7H,1-4H2. The molecule has 1 aromatic rings. The largest absolute Gasteiger partial charge is 0.452 e. The molecule has 18 heavy (non-hydrogen) atoms. The van der Waals surface area contributed by atoms with Gasteiger partial charge in [0, 0.05) is 29.0 Å². The lowest BCUT2D eigenvalue weighted by Crippen LogP contribution is -2.43. The molecular weight excluding hydrogens is 287 g/mol. The maximum absolute atomic E-state index is 12.5. The summed E-state index contributed by atoms with van der Waals surface area (Å²) in [7, 11) is 0. The molecular formula is C10H11ClF3N3S. The van der Waals surface area contributed by atoms with Crippen LogP contribution in [0.2, 0.25) is 0 Å². The number of rotatable bonds is 1. The van der Waals surface area contributed by atoms with Gasteiger partial charge in [0.1, 0.15) is 0 Å². The van der Waals surface area contributed by atoms with E-state index >= 15 is 0 Å². The van der Waals surface area contributed by atoms with Crippen LogP contribution < -0.4 is 4.90 Å². The normalized spacial score (nSPS) is 32.0. The molecule has 2 unspecified atom stereocenters. The van der Waals surface area contributed by atoms with Gasteiger partial charge in [0.2, 0.25) is 11.0 Å². The molecule has 0 spiro atoms. The summed E-state index contributed by atoms with van der Waals surface area (Å²) in [6.45, 7) is 0. The highest BCUT2D eigenvalue weighted by Gasteiger charge is 2.43. The Kier molecular flexibility index (Phi) is 2.93. The van der Waals surface area contributed by atoms with E-state index in [1.54, 1.807) is 0 Å². The highest BCUT2D eigenvalue weighted by Crippen LogP contribution is 2.42. The van der Waals surface area contributed by atoms with E-state index in [0.29, 0.717) is 5.13 Å². The van der Waals surface area contributed by atoms with Crippen molar-refractivity contribution in [1.82, 2.24) is 9.36 Å². The van der Waals surface area contributed by atoms with Crippen molar-refractivity contribution in [2.75, 3.05) is 4.90 Å². The van der Waals surface area contributed by atoms with Crippen LogP contribution in [0.15, 0.2) is 0 Å². The minimum absolute atomic E-state index is 0.133. The first-order valence-electron chi connectivity index (χ1n) is 5.78. The number of piperidine rings is 1. The van der Waals surface area contributed by atoms with Crippen molar-refractivity contribution in [2.45, 2.75) is 49.3 Å². The van der Waals surface area contributed by atoms with Gasteiger partial charge in [-0.2, -0.15) is 22.5 Å². The van der Waals surface area contributed by atoms with Gasteiger partial charge in [-0.3, -0.25) is 0 Å². The molecule has 0 aliphatic carbocycles. The number of fused-ring (bicyclic) bond motifs is 2. The predicted molar refractivity (Wildman–Crippen MR) is 63.1 cm³/mol. The smallest absolute Gasteiger partial charge is 0.341 e. The highest BCUT2D eigenvalue weighted by molar-refractivity contribution is 7.09. The van der Waals surface area contributed by atoms with Crippen LogP contribution in [0.25, 0.3) is 0 Å². The Labute approximate surface area is 111 Å². The first-order chi connectivity index (χ1) is 8.45. The summed E-state index contributed by atoms with van der Waals surface area (Å²) in [5.41, 5.74) is 0. The zero-order chi connectivity index (χ0) is 12.9. The lowest BCUT2D eigenvalue weighted by molar-refractivity contribution is -0.144. The Morgan fingerprint density at radius 2 is 1.83 bits per heavy atom. The zero-order valence-corrected chi connectivity index (χ0v) is 10.9. The number of nitrogens with zero attached hydrogens (tertiary/aromatic N) is 3. The van der Waals surface area contributed by atoms with Gasteiger partial charge in [-0.25, -0.2) is 0 Å². The van der Waals surface area contributed by atoms with Crippen LogP contribution in [0.3, 0.4) is 0 Å². The molecule has 2 atom stereocenters. The molecule has 0 amide bonds. The van der Waals surface area contributed by atoms with Crippen molar-refractivity contribution in [3.8, 4) is 0 Å². The minimum atomic E-state index is -4.46. The van der Waals surface area contributed by atoms with Crippen LogP contribution in [0.1, 0.15) is 31.5 Å². The second-order valence-electron chi connectivity index (χ2n) is 4.76. The molecule has 0 aromatic carbocycles. The van der Waals surface area contributed by atoms with Crippen LogP contribution in [0.5, 0.6) is 0 Å². The average Bonchev–Trinajstić information content (AvgIpc) is 2.81. The van der Waals surface area contributed by atoms with E-state index in [-0.39, 0.29) is 17.5 Å². The summed E-state index contributed by atoms with van der Waals surface area (Å²) < 4.78 is 40.9. The van der Waals surface area contributed by atoms with Gasteiger partial charge in [0.25, 0.3) is 0 Å². The van der Waals surface area contributed by atoms with Crippen molar-refractivity contribution in [1.29, 1.82) is 0 Å². The molecule has 2 bridgehead atoms. The van der Waals surface area contributed by atoms with Gasteiger partial charge in [0.05, 0.1) is 0 Å². The van der Waals surface area contributed by atoms with Crippen LogP contribution in [-0.4, -0.2) is 26.8 Å². The van der Waals surface area contributed by atoms with Crippen LogP contribution in [0.4, 0.5) is 18.3 Å². The number of anilines is 1. The van der Waals surface area contributed by atoms with E-state index in [1.165, 1.54) is 0 Å². The Bertz CT molecular complexity index is 436. The quantitative estimate of drug-likeness (QED) is 0.745. The lowest BCUT2D eigenvalue weighted by atomic mass is 10.0. The predicted octanol–water partition coefficient (Wildman–Crippen LogP) is 3.30. The van der Waals surface area contributed by atoms with E-state index in [2.05, 4.69) is 9.36 Å². The molecule has 3 rings (SSSR count). The minimum Gasteiger partial charge on any atom is -0.341 e. The van der Waals surface area contributed by atoms with E-state index < -0.39 is 12.0 Å². The van der Waals surface area contributed by atoms with Crippen LogP contribution >= 0.6 is 23.1 Å². The zero-order valence-electron chi connectivity index (χ0n) is 9.32. The third kappa shape index (κ3) is 2.07. The Balaban J connectivity index is 1.86. The number of alkyl halides is 4. The fourth-order valence-corrected chi connectivity index (χ4v) is 4.10. The molecule has 2 fully saturated rings. The van der Waals surface area contributed by atoms with Crippen LogP contribution in [0, 0.1) is 0 Å². The molecule has 100 valence electrons. The van der Waals surface area contributed by atoms with Gasteiger partial charge in [-0.05, 0) is 25.7 Å². The van der Waals surface area contributed by atoms with Gasteiger partial charge in [-0.15, -0.1) is 11.6 Å². The van der Waals surface area contributed by atoms with Crippen molar-refractivity contribution in [2.24, 2.45) is 0 Å². The summed E-state index contributed by atoms with van der Waals surface area (Å²) in [5.74, 6) is -1.03. The van der Waals surface area contributed by atoms with E-state index in [9.17, 15) is 13.2 Å². The van der Waals surface area contributed by atoms with Crippen molar-refractivity contribution in [3.63, 3.8) is 0 Å². The van der Waals surface area contributed by atoms with Gasteiger partial charge in [-0.1, -0.05) is 0 Å². The first kappa shape index (κ1) is 12.5. The van der Waals surface area contributed by atoms with Crippen LogP contribution in [-0.2, 0) is 6.18 Å². The summed E-state index contributed by atoms with van der Waals surface area (Å²) >= 11 is 6.97. The van der Waals surface area contributed by atoms with Gasteiger partial charge >= 0.3 is 6.18 Å². The molecule has 0 radical (unpaired) electrons. The number of hydrogen-bond acceptors (Lipinski definition) is 4. The fourth-order valence-electron chi connectivity index (χ4n) is 2.86. The average molecular weight is 298 g/mol. The third-order valence-corrected chi connectivity index (χ3v) is 4.65. The summed E-state index contributed by atoms with van der Waals surface area (Å²) in [6, 6.07) is 0.445. The van der Waals surface area contributed by atoms with E-state index in [1.807, 2.05) is 4.90 Å². The maximum Gasteiger partial charge on any atom is 0.452 e. The second kappa shape index (κ2) is 4.23. The molecule has 0 N–H and O–H groups in total. The summed E-state index contributed by atoms with van der Waals surface area (Å²) in [5, 5.41) is 0.521. The SMILES string of the molecule is FC(F)(F)c1nsc(N2C3CCC2CC(Cl)C3)n1. The third-order valence-electron chi connectivity index (χ3n) is 3.57. The van der Waals surface area contributed by atoms with Crippen molar-refractivity contribution >= 4 is 28.3 Å².